The van der Waals surface area contributed by atoms with Gasteiger partial charge in [0.25, 0.3) is 16.1 Å². The average molecular weight is 1010 g/mol. The fourth-order valence-corrected chi connectivity index (χ4v) is 7.86. The minimum absolute atomic E-state index is 0.0219. The van der Waals surface area contributed by atoms with Gasteiger partial charge < -0.3 is 62.8 Å². The number of nitrogens with two attached hydrogens (primary N) is 4. The number of nitrogens with one attached hydrogen (secondary N) is 4. The number of nitrogens with zero attached hydrogens (tertiary/aromatic N) is 3. The van der Waals surface area contributed by atoms with Crippen LogP contribution in [0.2, 0.25) is 0 Å². The number of hydrogen-bond donors (Lipinski definition) is 11. The van der Waals surface area contributed by atoms with Crippen LogP contribution in [0.25, 0.3) is 22.5 Å². The number of fused-ring (bicyclic) bond motifs is 5. The number of aromatic nitrogens is 2. The molecule has 4 amide bonds. The highest BCUT2D eigenvalue weighted by Gasteiger charge is 2.38. The summed E-state index contributed by atoms with van der Waals surface area (Å²) in [6, 6.07) is 4.76. The number of carbonyl (C=O) groups excluding carboxylic acids is 4. The molecule has 1 aliphatic heterocycles. The van der Waals surface area contributed by atoms with Gasteiger partial charge in [-0.3, -0.25) is 19.2 Å². The van der Waals surface area contributed by atoms with Gasteiger partial charge in [0.05, 0.1) is 17.9 Å². The van der Waals surface area contributed by atoms with Crippen molar-refractivity contribution >= 4 is 45.6 Å². The molecule has 0 unspecified atom stereocenters. The molecule has 25 heteroatoms. The second kappa shape index (κ2) is 22.8. The van der Waals surface area contributed by atoms with Gasteiger partial charge in [-0.2, -0.15) is 13.1 Å². The molecule has 71 heavy (non-hydrogen) atoms. The van der Waals surface area contributed by atoms with Crippen molar-refractivity contribution in [1.29, 1.82) is 0 Å². The van der Waals surface area contributed by atoms with Gasteiger partial charge in [-0.05, 0) is 85.3 Å². The molecule has 3 aromatic carbocycles. The lowest BCUT2D eigenvalue weighted by molar-refractivity contribution is -0.143. The molecule has 5 rings (SSSR count). The zero-order chi connectivity index (χ0) is 52.7. The molecule has 1 aromatic heterocycles. The first kappa shape index (κ1) is 54.9. The second-order valence-corrected chi connectivity index (χ2v) is 19.3. The van der Waals surface area contributed by atoms with E-state index < -0.39 is 101 Å². The summed E-state index contributed by atoms with van der Waals surface area (Å²) in [5, 5.41) is 44.9. The van der Waals surface area contributed by atoms with Crippen molar-refractivity contribution in [2.24, 2.45) is 16.6 Å². The number of aliphatic carboxylic acids is 1. The minimum atomic E-state index is -4.56. The third-order valence-corrected chi connectivity index (χ3v) is 11.9. The highest BCUT2D eigenvalue weighted by atomic mass is 32.2. The van der Waals surface area contributed by atoms with Crippen LogP contribution < -0.4 is 52.5 Å². The summed E-state index contributed by atoms with van der Waals surface area (Å²) in [5.41, 5.74) is 17.8. The lowest BCUT2D eigenvalue weighted by atomic mass is 9.86. The summed E-state index contributed by atoms with van der Waals surface area (Å²) in [7, 11) is -3.45. The maximum Gasteiger partial charge on any atom is 0.326 e. The Labute approximate surface area is 409 Å². The van der Waals surface area contributed by atoms with E-state index in [-0.39, 0.29) is 82.4 Å². The largest absolute Gasteiger partial charge is 0.504 e. The maximum atomic E-state index is 15.4. The number of ether oxygens (including phenoxy) is 2. The summed E-state index contributed by atoms with van der Waals surface area (Å²) in [6.45, 7) is 7.03. The quantitative estimate of drug-likeness (QED) is 0.0620. The second-order valence-electron chi connectivity index (χ2n) is 17.9. The van der Waals surface area contributed by atoms with Gasteiger partial charge in [0.1, 0.15) is 59.8 Å². The van der Waals surface area contributed by atoms with Crippen molar-refractivity contribution in [2.45, 2.75) is 83.1 Å². The molecule has 0 radical (unpaired) electrons. The number of carbonyl (C=O) groups is 5. The molecule has 0 saturated heterocycles. The average Bonchev–Trinajstić information content (AvgIpc) is 3.28. The third-order valence-electron chi connectivity index (χ3n) is 11.4. The van der Waals surface area contributed by atoms with Crippen LogP contribution in [0.1, 0.15) is 72.9 Å². The summed E-state index contributed by atoms with van der Waals surface area (Å²) in [4.78, 5) is 79.0. The van der Waals surface area contributed by atoms with E-state index in [9.17, 15) is 47.7 Å². The topological polar surface area (TPSA) is 380 Å². The number of likely N-dealkylation sites (N-methyl/N-ethyl adjacent to an activating group) is 1. The molecule has 384 valence electrons. The molecule has 5 atom stereocenters. The van der Waals surface area contributed by atoms with Gasteiger partial charge in [-0.25, -0.2) is 24.3 Å². The van der Waals surface area contributed by atoms with E-state index in [1.54, 1.807) is 12.1 Å². The number of anilines is 1. The van der Waals surface area contributed by atoms with Crippen LogP contribution in [0.15, 0.2) is 48.5 Å². The number of hydrogen-bond acceptors (Lipinski definition) is 16. The van der Waals surface area contributed by atoms with Crippen LogP contribution in [0.3, 0.4) is 0 Å². The normalized spacial score (nSPS) is 17.2. The van der Waals surface area contributed by atoms with Crippen LogP contribution in [-0.2, 0) is 41.2 Å². The number of halogens is 1. The van der Waals surface area contributed by atoms with Crippen molar-refractivity contribution < 1.29 is 61.6 Å². The number of benzene rings is 3. The molecule has 0 aliphatic carbocycles. The zero-order valence-corrected chi connectivity index (χ0v) is 40.7. The van der Waals surface area contributed by atoms with E-state index in [1.807, 2.05) is 25.5 Å². The van der Waals surface area contributed by atoms with Crippen molar-refractivity contribution in [3.63, 3.8) is 0 Å². The molecule has 4 bridgehead atoms. The van der Waals surface area contributed by atoms with Crippen molar-refractivity contribution in [1.82, 2.24) is 35.5 Å². The molecule has 0 fully saturated rings. The summed E-state index contributed by atoms with van der Waals surface area (Å²) in [6.07, 6.45) is -1.12. The Morgan fingerprint density at radius 2 is 1.69 bits per heavy atom. The Bertz CT molecular complexity index is 2770. The minimum Gasteiger partial charge on any atom is -0.504 e. The van der Waals surface area contributed by atoms with Crippen LogP contribution >= 0.6 is 0 Å². The number of aliphatic hydroxyl groups is 1. The van der Waals surface area contributed by atoms with Gasteiger partial charge in [-0.15, -0.1) is 0 Å². The van der Waals surface area contributed by atoms with E-state index in [0.717, 1.165) is 11.9 Å². The first-order valence-corrected chi connectivity index (χ1v) is 23.8. The first-order valence-electron chi connectivity index (χ1n) is 22.2. The predicted octanol–water partition coefficient (Wildman–Crippen LogP) is -0.00918. The lowest BCUT2D eigenvalue weighted by Crippen LogP contribution is -2.57. The third kappa shape index (κ3) is 13.6. The number of nitrogen functional groups attached to an aromatic ring is 1. The molecule has 15 N–H and O–H groups in total. The Morgan fingerprint density at radius 3 is 2.30 bits per heavy atom. The van der Waals surface area contributed by atoms with E-state index in [2.05, 4.69) is 25.9 Å². The van der Waals surface area contributed by atoms with Crippen LogP contribution in [-0.4, -0.2) is 132 Å². The molecule has 0 spiro atoms. The number of phenolic OH excluding ortho intramolecular Hbond substituents is 1. The summed E-state index contributed by atoms with van der Waals surface area (Å²) in [5.74, 6) is -7.69. The Hall–Kier alpha value is -7.03. The number of amides is 4. The molecular formula is C46H60FN11O12S. The number of aromatic hydroxyl groups is 1. The molecular weight excluding hydrogens is 950 g/mol. The van der Waals surface area contributed by atoms with E-state index in [0.29, 0.717) is 17.5 Å². The maximum absolute atomic E-state index is 15.4. The smallest absolute Gasteiger partial charge is 0.326 e. The van der Waals surface area contributed by atoms with E-state index in [1.165, 1.54) is 50.2 Å². The number of carboxylic acid groups (broad SMARTS) is 1. The Kier molecular flexibility index (Phi) is 17.6. The van der Waals surface area contributed by atoms with Gasteiger partial charge in [-0.1, -0.05) is 32.9 Å². The number of rotatable bonds is 17. The number of aryl methyl sites for hydroxylation is 1. The van der Waals surface area contributed by atoms with Crippen molar-refractivity contribution in [3.05, 3.63) is 82.3 Å². The molecule has 0 saturated carbocycles. The van der Waals surface area contributed by atoms with Crippen molar-refractivity contribution in [2.75, 3.05) is 45.6 Å². The fraction of sp³-hybridized carbons (Fsp3) is 0.413. The summed E-state index contributed by atoms with van der Waals surface area (Å²) >= 11 is 0. The molecule has 23 nitrogen and oxygen atoms in total. The first-order chi connectivity index (χ1) is 33.2. The number of carboxylic acids is 1. The SMILES string of the molecule is Cc1nc(-c2ccc(C(C)(C)C)cc2F)nc(N)c1C(=O)N[C@@H](CNS(N)(=O)=O)C(=O)N(C)[C@@H]1C(=O)N[C@@H](C)C(=O)N[C@H](C(=O)O)Cc2ccc(OCCCN)c(c2)-c2cc1cc(OC[C@H](O)CN)c2O. The zero-order valence-electron chi connectivity index (χ0n) is 39.9. The van der Waals surface area contributed by atoms with Gasteiger partial charge in [0.15, 0.2) is 17.3 Å². The van der Waals surface area contributed by atoms with Gasteiger partial charge in [0, 0.05) is 37.7 Å². The van der Waals surface area contributed by atoms with E-state index >= 15 is 4.39 Å². The number of aliphatic hydroxyl groups excluding tert-OH is 1. The molecule has 2 heterocycles. The van der Waals surface area contributed by atoms with Gasteiger partial charge >= 0.3 is 5.97 Å². The van der Waals surface area contributed by atoms with E-state index in [4.69, 9.17) is 31.8 Å². The lowest BCUT2D eigenvalue weighted by Gasteiger charge is -2.33. The Morgan fingerprint density at radius 1 is 0.986 bits per heavy atom. The van der Waals surface area contributed by atoms with Crippen LogP contribution in [0.5, 0.6) is 17.2 Å². The Balaban J connectivity index is 1.66. The van der Waals surface area contributed by atoms with Crippen LogP contribution in [0, 0.1) is 12.7 Å². The molecule has 1 aliphatic rings. The van der Waals surface area contributed by atoms with Crippen molar-refractivity contribution in [3.8, 4) is 39.8 Å². The molecule has 4 aromatic rings. The van der Waals surface area contributed by atoms with Gasteiger partial charge in [0.2, 0.25) is 17.7 Å². The summed E-state index contributed by atoms with van der Waals surface area (Å²) < 4.78 is 53.8. The highest BCUT2D eigenvalue weighted by Crippen LogP contribution is 2.45. The monoisotopic (exact) mass is 1010 g/mol. The predicted molar refractivity (Wildman–Crippen MR) is 257 cm³/mol. The standard InChI is InChI=1S/C46H60FN11O12S/c1-22-36(39(50)57-40(53-22)28-10-9-26(18-31(28)47)46(3,4)5)42(62)56-33(20-52-71(51,67)68)44(64)58(6)37-25-16-30(38(60)35(17-25)70-21-27(59)19-49)29-14-24(8-11-34(29)69-13-7-12-48)15-32(45(65)66)55-41(61)23(2)54-43(37)63/h8-11,14,16-18,23,27,32-33,37,52,59-60H,7,12-13,15,19-21,48-49H2,1-6H3,(H,54,63)(H,55,61)(H,56,62)(H,65,66)(H2,50,53,57)(H2,51,67,68)/t23-,27+,32-,33-,37-/m0/s1. The van der Waals surface area contributed by atoms with Crippen LogP contribution in [0.4, 0.5) is 10.2 Å². The highest BCUT2D eigenvalue weighted by molar-refractivity contribution is 7.87. The fourth-order valence-electron chi connectivity index (χ4n) is 7.47. The number of phenols is 1.